The van der Waals surface area contributed by atoms with Gasteiger partial charge in [0.05, 0.1) is 24.9 Å². The van der Waals surface area contributed by atoms with Gasteiger partial charge in [0.1, 0.15) is 0 Å². The van der Waals surface area contributed by atoms with Crippen molar-refractivity contribution < 1.29 is 4.74 Å². The van der Waals surface area contributed by atoms with Crippen molar-refractivity contribution in [1.82, 2.24) is 25.1 Å². The second-order valence-electron chi connectivity index (χ2n) is 6.79. The fourth-order valence-electron chi connectivity index (χ4n) is 3.67. The summed E-state index contributed by atoms with van der Waals surface area (Å²) in [6.45, 7) is 7.23. The number of morpholine rings is 1. The molecule has 2 heterocycles. The van der Waals surface area contributed by atoms with Crippen molar-refractivity contribution in [2.24, 2.45) is 0 Å². The Morgan fingerprint density at radius 1 is 1.00 bits per heavy atom. The third-order valence-corrected chi connectivity index (χ3v) is 5.24. The normalized spacial score (nSPS) is 16.4. The lowest BCUT2D eigenvalue weighted by Crippen LogP contribution is -2.40. The highest BCUT2D eigenvalue weighted by Gasteiger charge is 2.30. The van der Waals surface area contributed by atoms with Crippen LogP contribution in [0.25, 0.3) is 5.69 Å². The zero-order chi connectivity index (χ0) is 18.8. The minimum atomic E-state index is -0.0693. The monoisotopic (exact) mass is 383 g/mol. The van der Waals surface area contributed by atoms with E-state index in [-0.39, 0.29) is 6.04 Å². The van der Waals surface area contributed by atoms with Crippen LogP contribution in [0.3, 0.4) is 0 Å². The van der Waals surface area contributed by atoms with Gasteiger partial charge in [-0.3, -0.25) is 4.90 Å². The van der Waals surface area contributed by atoms with E-state index in [0.29, 0.717) is 18.2 Å². The van der Waals surface area contributed by atoms with E-state index in [1.54, 1.807) is 0 Å². The summed E-state index contributed by atoms with van der Waals surface area (Å²) in [6, 6.07) is 14.1. The Morgan fingerprint density at radius 3 is 2.33 bits per heavy atom. The van der Waals surface area contributed by atoms with Gasteiger partial charge in [0.15, 0.2) is 5.82 Å². The first-order valence-electron chi connectivity index (χ1n) is 9.07. The number of aromatic nitrogens is 4. The first-order chi connectivity index (χ1) is 13.1. The maximum atomic E-state index is 6.12. The molecule has 0 N–H and O–H groups in total. The molecule has 2 aromatic carbocycles. The number of benzene rings is 2. The van der Waals surface area contributed by atoms with E-state index in [4.69, 9.17) is 16.3 Å². The molecule has 0 aliphatic carbocycles. The molecule has 1 unspecified atom stereocenters. The molecule has 4 rings (SSSR count). The van der Waals surface area contributed by atoms with Crippen molar-refractivity contribution in [2.45, 2.75) is 19.9 Å². The van der Waals surface area contributed by atoms with Gasteiger partial charge in [-0.25, -0.2) is 0 Å². The average molecular weight is 384 g/mol. The highest BCUT2D eigenvalue weighted by molar-refractivity contribution is 6.30. The van der Waals surface area contributed by atoms with Gasteiger partial charge >= 0.3 is 0 Å². The lowest BCUT2D eigenvalue weighted by atomic mass is 10.0. The van der Waals surface area contributed by atoms with E-state index in [2.05, 4.69) is 52.5 Å². The third kappa shape index (κ3) is 3.60. The molecule has 0 saturated carbocycles. The number of hydrogen-bond acceptors (Lipinski definition) is 5. The van der Waals surface area contributed by atoms with E-state index < -0.39 is 0 Å². The molecule has 27 heavy (non-hydrogen) atoms. The van der Waals surface area contributed by atoms with Crippen LogP contribution in [0, 0.1) is 13.8 Å². The van der Waals surface area contributed by atoms with Crippen LogP contribution in [0.2, 0.25) is 5.02 Å². The summed E-state index contributed by atoms with van der Waals surface area (Å²) in [5.74, 6) is 0.802. The zero-order valence-corrected chi connectivity index (χ0v) is 16.2. The number of nitrogens with zero attached hydrogens (tertiary/aromatic N) is 5. The fraction of sp³-hybridized carbons (Fsp3) is 0.350. The Labute approximate surface area is 163 Å². The van der Waals surface area contributed by atoms with Crippen molar-refractivity contribution >= 4 is 11.6 Å². The molecule has 6 nitrogen and oxygen atoms in total. The lowest BCUT2D eigenvalue weighted by Gasteiger charge is -2.34. The SMILES string of the molecule is Cc1cccc(C)c1-n1nnnc1C(c1ccc(Cl)cc1)N1CCOCC1. The third-order valence-electron chi connectivity index (χ3n) is 4.99. The minimum absolute atomic E-state index is 0.0693. The van der Waals surface area contributed by atoms with E-state index in [9.17, 15) is 0 Å². The maximum Gasteiger partial charge on any atom is 0.178 e. The number of ether oxygens (including phenoxy) is 1. The summed E-state index contributed by atoms with van der Waals surface area (Å²) in [4.78, 5) is 2.36. The summed E-state index contributed by atoms with van der Waals surface area (Å²) >= 11 is 6.12. The smallest absolute Gasteiger partial charge is 0.178 e. The molecule has 0 spiro atoms. The minimum Gasteiger partial charge on any atom is -0.379 e. The van der Waals surface area contributed by atoms with Crippen LogP contribution in [0.5, 0.6) is 0 Å². The van der Waals surface area contributed by atoms with Crippen LogP contribution in [-0.4, -0.2) is 51.4 Å². The molecule has 1 fully saturated rings. The molecule has 1 aliphatic rings. The van der Waals surface area contributed by atoms with Gasteiger partial charge in [-0.05, 0) is 53.1 Å². The molecule has 1 saturated heterocycles. The van der Waals surface area contributed by atoms with Crippen molar-refractivity contribution in [3.63, 3.8) is 0 Å². The van der Waals surface area contributed by atoms with Crippen LogP contribution < -0.4 is 0 Å². The van der Waals surface area contributed by atoms with Crippen molar-refractivity contribution in [3.8, 4) is 5.69 Å². The predicted octanol–water partition coefficient (Wildman–Crippen LogP) is 3.35. The molecular weight excluding hydrogens is 362 g/mol. The van der Waals surface area contributed by atoms with Crippen molar-refractivity contribution in [3.05, 3.63) is 70.0 Å². The predicted molar refractivity (Wildman–Crippen MR) is 104 cm³/mol. The summed E-state index contributed by atoms with van der Waals surface area (Å²) in [7, 11) is 0. The molecule has 0 bridgehead atoms. The summed E-state index contributed by atoms with van der Waals surface area (Å²) in [5, 5.41) is 13.5. The summed E-state index contributed by atoms with van der Waals surface area (Å²) < 4.78 is 7.43. The van der Waals surface area contributed by atoms with Gasteiger partial charge in [0.25, 0.3) is 0 Å². The van der Waals surface area contributed by atoms with Crippen LogP contribution >= 0.6 is 11.6 Å². The molecule has 0 radical (unpaired) electrons. The topological polar surface area (TPSA) is 56.1 Å². The van der Waals surface area contributed by atoms with Crippen LogP contribution in [0.4, 0.5) is 0 Å². The number of rotatable bonds is 4. The molecular formula is C20H22ClN5O. The Kier molecular flexibility index (Phi) is 5.20. The van der Waals surface area contributed by atoms with E-state index in [0.717, 1.165) is 41.3 Å². The van der Waals surface area contributed by atoms with Gasteiger partial charge in [-0.1, -0.05) is 41.9 Å². The van der Waals surface area contributed by atoms with E-state index in [1.165, 1.54) is 0 Å². The fourth-order valence-corrected chi connectivity index (χ4v) is 3.79. The van der Waals surface area contributed by atoms with Gasteiger partial charge in [0.2, 0.25) is 0 Å². The Morgan fingerprint density at radius 2 is 1.67 bits per heavy atom. The number of para-hydroxylation sites is 1. The van der Waals surface area contributed by atoms with Crippen molar-refractivity contribution in [2.75, 3.05) is 26.3 Å². The number of aryl methyl sites for hydroxylation is 2. The van der Waals surface area contributed by atoms with Gasteiger partial charge < -0.3 is 4.74 Å². The van der Waals surface area contributed by atoms with Crippen LogP contribution in [-0.2, 0) is 4.74 Å². The van der Waals surface area contributed by atoms with Gasteiger partial charge in [-0.15, -0.1) is 5.10 Å². The van der Waals surface area contributed by atoms with Gasteiger partial charge in [-0.2, -0.15) is 4.68 Å². The second kappa shape index (κ2) is 7.76. The Balaban J connectivity index is 1.84. The highest BCUT2D eigenvalue weighted by atomic mass is 35.5. The number of halogens is 1. The summed E-state index contributed by atoms with van der Waals surface area (Å²) in [5.41, 5.74) is 4.43. The standard InChI is InChI=1S/C20H22ClN5O/c1-14-4-3-5-15(2)18(14)26-20(22-23-24-26)19(25-10-12-27-13-11-25)16-6-8-17(21)9-7-16/h3-9,19H,10-13H2,1-2H3. The van der Waals surface area contributed by atoms with Crippen LogP contribution in [0.1, 0.15) is 28.6 Å². The second-order valence-corrected chi connectivity index (χ2v) is 7.23. The maximum absolute atomic E-state index is 6.12. The Hall–Kier alpha value is -2.28. The van der Waals surface area contributed by atoms with E-state index in [1.807, 2.05) is 28.9 Å². The number of hydrogen-bond donors (Lipinski definition) is 0. The molecule has 140 valence electrons. The zero-order valence-electron chi connectivity index (χ0n) is 15.5. The molecule has 1 atom stereocenters. The lowest BCUT2D eigenvalue weighted by molar-refractivity contribution is 0.0220. The summed E-state index contributed by atoms with van der Waals surface area (Å²) in [6.07, 6.45) is 0. The molecule has 7 heteroatoms. The molecule has 0 amide bonds. The van der Waals surface area contributed by atoms with Crippen molar-refractivity contribution in [1.29, 1.82) is 0 Å². The molecule has 3 aromatic rings. The highest BCUT2D eigenvalue weighted by Crippen LogP contribution is 2.31. The average Bonchev–Trinajstić information content (AvgIpc) is 3.13. The Bertz CT molecular complexity index is 898. The number of tetrazole rings is 1. The molecule has 1 aliphatic heterocycles. The quantitative estimate of drug-likeness (QED) is 0.691. The largest absolute Gasteiger partial charge is 0.379 e. The van der Waals surface area contributed by atoms with Crippen LogP contribution in [0.15, 0.2) is 42.5 Å². The van der Waals surface area contributed by atoms with Gasteiger partial charge in [0, 0.05) is 18.1 Å². The van der Waals surface area contributed by atoms with E-state index >= 15 is 0 Å². The first-order valence-corrected chi connectivity index (χ1v) is 9.45. The molecule has 1 aromatic heterocycles. The first kappa shape index (κ1) is 18.1.